The fourth-order valence-electron chi connectivity index (χ4n) is 1.56. The third kappa shape index (κ3) is 1.92. The van der Waals surface area contributed by atoms with Crippen LogP contribution in [0.25, 0.3) is 0 Å². The lowest BCUT2D eigenvalue weighted by Crippen LogP contribution is -2.40. The molecule has 1 atom stereocenters. The summed E-state index contributed by atoms with van der Waals surface area (Å²) in [7, 11) is -3.52. The van der Waals surface area contributed by atoms with E-state index in [1.807, 2.05) is 0 Å². The Hall–Kier alpha value is -1.08. The van der Waals surface area contributed by atoms with Crippen molar-refractivity contribution >= 4 is 37.4 Å². The van der Waals surface area contributed by atoms with Gasteiger partial charge < -0.3 is 10.4 Å². The minimum Gasteiger partial charge on any atom is -0.480 e. The maximum Gasteiger partial charge on any atom is 0.327 e. The van der Waals surface area contributed by atoms with Crippen molar-refractivity contribution in [3.63, 3.8) is 0 Å². The number of anilines is 1. The van der Waals surface area contributed by atoms with Crippen molar-refractivity contribution < 1.29 is 18.3 Å². The zero-order valence-corrected chi connectivity index (χ0v) is 10.4. The van der Waals surface area contributed by atoms with Gasteiger partial charge in [-0.1, -0.05) is 15.9 Å². The molecule has 0 fully saturated rings. The molecule has 5 nitrogen and oxygen atoms in total. The van der Waals surface area contributed by atoms with E-state index >= 15 is 0 Å². The SMILES string of the molecule is O=C(O)C1CS(=O)(=O)c2ccc(Br)cc2N1. The van der Waals surface area contributed by atoms with E-state index in [4.69, 9.17) is 5.11 Å². The summed E-state index contributed by atoms with van der Waals surface area (Å²) in [6.07, 6.45) is 0. The highest BCUT2D eigenvalue weighted by Crippen LogP contribution is 2.30. The number of rotatable bonds is 1. The molecular weight excluding hydrogens is 298 g/mol. The van der Waals surface area contributed by atoms with Crippen molar-refractivity contribution in [3.8, 4) is 0 Å². The molecule has 0 saturated heterocycles. The van der Waals surface area contributed by atoms with Gasteiger partial charge >= 0.3 is 5.97 Å². The Morgan fingerprint density at radius 3 is 2.81 bits per heavy atom. The summed E-state index contributed by atoms with van der Waals surface area (Å²) in [6.45, 7) is 0. The Bertz CT molecular complexity index is 555. The minimum absolute atomic E-state index is 0.146. The predicted molar refractivity (Wildman–Crippen MR) is 61.2 cm³/mol. The normalized spacial score (nSPS) is 21.9. The van der Waals surface area contributed by atoms with Crippen LogP contribution in [0.5, 0.6) is 0 Å². The van der Waals surface area contributed by atoms with Crippen LogP contribution in [-0.2, 0) is 14.6 Å². The molecule has 0 aromatic heterocycles. The van der Waals surface area contributed by atoms with Crippen LogP contribution in [0.15, 0.2) is 27.6 Å². The number of carboxylic acid groups (broad SMARTS) is 1. The number of carbonyl (C=O) groups is 1. The van der Waals surface area contributed by atoms with E-state index in [2.05, 4.69) is 21.2 Å². The Kier molecular flexibility index (Phi) is 2.67. The maximum atomic E-state index is 11.8. The van der Waals surface area contributed by atoms with E-state index in [0.717, 1.165) is 0 Å². The summed E-state index contributed by atoms with van der Waals surface area (Å²) in [5, 5.41) is 11.5. The standard InChI is InChI=1S/C9H8BrNO4S/c10-5-1-2-8-6(3-5)11-7(9(12)13)4-16(8,14)15/h1-3,7,11H,4H2,(H,12,13). The molecule has 2 N–H and O–H groups in total. The summed E-state index contributed by atoms with van der Waals surface area (Å²) in [5.41, 5.74) is 0.327. The number of fused-ring (bicyclic) bond motifs is 1. The minimum atomic E-state index is -3.52. The van der Waals surface area contributed by atoms with Gasteiger partial charge in [0.15, 0.2) is 9.84 Å². The Morgan fingerprint density at radius 1 is 1.50 bits per heavy atom. The molecule has 0 amide bonds. The van der Waals surface area contributed by atoms with Gasteiger partial charge in [-0.25, -0.2) is 13.2 Å². The zero-order valence-electron chi connectivity index (χ0n) is 7.97. The van der Waals surface area contributed by atoms with Crippen molar-refractivity contribution in [1.82, 2.24) is 0 Å². The second-order valence-electron chi connectivity index (χ2n) is 3.46. The summed E-state index contributed by atoms with van der Waals surface area (Å²) in [6, 6.07) is 3.54. The zero-order chi connectivity index (χ0) is 11.9. The fraction of sp³-hybridized carbons (Fsp3) is 0.222. The van der Waals surface area contributed by atoms with Gasteiger partial charge in [-0.2, -0.15) is 0 Å². The van der Waals surface area contributed by atoms with Gasteiger partial charge in [0, 0.05) is 4.47 Å². The molecule has 1 aromatic carbocycles. The van der Waals surface area contributed by atoms with E-state index < -0.39 is 27.6 Å². The fourth-order valence-corrected chi connectivity index (χ4v) is 3.49. The van der Waals surface area contributed by atoms with Crippen molar-refractivity contribution in [1.29, 1.82) is 0 Å². The molecule has 16 heavy (non-hydrogen) atoms. The number of carboxylic acids is 1. The lowest BCUT2D eigenvalue weighted by molar-refractivity contribution is -0.137. The van der Waals surface area contributed by atoms with Gasteiger partial charge in [-0.3, -0.25) is 0 Å². The van der Waals surface area contributed by atoms with Gasteiger partial charge in [0.25, 0.3) is 0 Å². The lowest BCUT2D eigenvalue weighted by Gasteiger charge is -2.24. The molecule has 1 heterocycles. The molecule has 1 aromatic rings. The highest BCUT2D eigenvalue weighted by molar-refractivity contribution is 9.10. The molecule has 0 bridgehead atoms. The van der Waals surface area contributed by atoms with Crippen molar-refractivity contribution in [2.24, 2.45) is 0 Å². The molecule has 0 radical (unpaired) electrons. The maximum absolute atomic E-state index is 11.8. The Morgan fingerprint density at radius 2 is 2.19 bits per heavy atom. The second kappa shape index (κ2) is 3.74. The number of aliphatic carboxylic acids is 1. The first kappa shape index (κ1) is 11.4. The van der Waals surface area contributed by atoms with E-state index in [0.29, 0.717) is 10.2 Å². The van der Waals surface area contributed by atoms with Gasteiger partial charge in [0.05, 0.1) is 16.3 Å². The van der Waals surface area contributed by atoms with E-state index in [1.54, 1.807) is 12.1 Å². The van der Waals surface area contributed by atoms with E-state index in [9.17, 15) is 13.2 Å². The Labute approximate surface area is 101 Å². The molecule has 1 aliphatic heterocycles. The average Bonchev–Trinajstić information content (AvgIpc) is 2.15. The molecular formula is C9H8BrNO4S. The summed E-state index contributed by atoms with van der Waals surface area (Å²) < 4.78 is 24.3. The molecule has 0 saturated carbocycles. The van der Waals surface area contributed by atoms with Crippen LogP contribution in [0.2, 0.25) is 0 Å². The number of sulfone groups is 1. The van der Waals surface area contributed by atoms with Crippen LogP contribution in [0.3, 0.4) is 0 Å². The monoisotopic (exact) mass is 305 g/mol. The predicted octanol–water partition coefficient (Wildman–Crippen LogP) is 1.10. The first-order chi connectivity index (χ1) is 7.40. The molecule has 0 aliphatic carbocycles. The van der Waals surface area contributed by atoms with Crippen LogP contribution in [-0.4, -0.2) is 31.3 Å². The van der Waals surface area contributed by atoms with Crippen LogP contribution < -0.4 is 5.32 Å². The highest BCUT2D eigenvalue weighted by Gasteiger charge is 2.33. The molecule has 2 rings (SSSR count). The van der Waals surface area contributed by atoms with Crippen LogP contribution in [0.1, 0.15) is 0 Å². The van der Waals surface area contributed by atoms with Gasteiger partial charge in [0.1, 0.15) is 6.04 Å². The second-order valence-corrected chi connectivity index (χ2v) is 6.38. The summed E-state index contributed by atoms with van der Waals surface area (Å²) in [5.74, 6) is -1.59. The van der Waals surface area contributed by atoms with Crippen molar-refractivity contribution in [2.45, 2.75) is 10.9 Å². The number of benzene rings is 1. The highest BCUT2D eigenvalue weighted by atomic mass is 79.9. The van der Waals surface area contributed by atoms with Gasteiger partial charge in [-0.05, 0) is 18.2 Å². The topological polar surface area (TPSA) is 83.5 Å². The molecule has 0 spiro atoms. The van der Waals surface area contributed by atoms with Gasteiger partial charge in [0.2, 0.25) is 0 Å². The third-order valence-corrected chi connectivity index (χ3v) is 4.58. The van der Waals surface area contributed by atoms with Crippen LogP contribution in [0.4, 0.5) is 5.69 Å². The van der Waals surface area contributed by atoms with E-state index in [-0.39, 0.29) is 4.90 Å². The van der Waals surface area contributed by atoms with Gasteiger partial charge in [-0.15, -0.1) is 0 Å². The first-order valence-corrected chi connectivity index (χ1v) is 6.86. The van der Waals surface area contributed by atoms with E-state index in [1.165, 1.54) is 6.07 Å². The molecule has 1 aliphatic rings. The Balaban J connectivity index is 2.56. The summed E-state index contributed by atoms with van der Waals surface area (Å²) in [4.78, 5) is 10.9. The van der Waals surface area contributed by atoms with Crippen molar-refractivity contribution in [3.05, 3.63) is 22.7 Å². The smallest absolute Gasteiger partial charge is 0.327 e. The molecule has 86 valence electrons. The number of halogens is 1. The number of hydrogen-bond donors (Lipinski definition) is 2. The first-order valence-electron chi connectivity index (χ1n) is 4.42. The van der Waals surface area contributed by atoms with Crippen LogP contribution >= 0.6 is 15.9 Å². The molecule has 7 heteroatoms. The quantitative estimate of drug-likeness (QED) is 0.812. The average molecular weight is 306 g/mol. The largest absolute Gasteiger partial charge is 0.480 e. The lowest BCUT2D eigenvalue weighted by atomic mass is 10.2. The van der Waals surface area contributed by atoms with Crippen molar-refractivity contribution in [2.75, 3.05) is 11.1 Å². The molecule has 1 unspecified atom stereocenters. The third-order valence-electron chi connectivity index (χ3n) is 2.29. The summed E-state index contributed by atoms with van der Waals surface area (Å²) >= 11 is 3.20. The number of nitrogens with one attached hydrogen (secondary N) is 1. The number of hydrogen-bond acceptors (Lipinski definition) is 4. The van der Waals surface area contributed by atoms with Crippen LogP contribution in [0, 0.1) is 0 Å².